The van der Waals surface area contributed by atoms with Crippen LogP contribution in [0.25, 0.3) is 5.65 Å². The molecule has 1 aromatic carbocycles. The van der Waals surface area contributed by atoms with Crippen molar-refractivity contribution in [3.63, 3.8) is 0 Å². The van der Waals surface area contributed by atoms with Crippen LogP contribution >= 0.6 is 11.6 Å². The summed E-state index contributed by atoms with van der Waals surface area (Å²) in [5, 5.41) is 14.0. The van der Waals surface area contributed by atoms with E-state index in [4.69, 9.17) is 11.6 Å². The summed E-state index contributed by atoms with van der Waals surface area (Å²) in [6.07, 6.45) is 2.51. The zero-order valence-electron chi connectivity index (χ0n) is 12.4. The van der Waals surface area contributed by atoms with Crippen LogP contribution in [-0.2, 0) is 0 Å². The molecule has 4 rings (SSSR count). The van der Waals surface area contributed by atoms with Gasteiger partial charge in [-0.15, -0.1) is 0 Å². The lowest BCUT2D eigenvalue weighted by Crippen LogP contribution is -2.24. The Balaban J connectivity index is 1.94. The predicted octanol–water partition coefficient (Wildman–Crippen LogP) is 4.22. The monoisotopic (exact) mass is 346 g/mol. The summed E-state index contributed by atoms with van der Waals surface area (Å²) in [5.74, 6) is -0.164. The third-order valence-corrected chi connectivity index (χ3v) is 4.12. The molecule has 24 heavy (non-hydrogen) atoms. The van der Waals surface area contributed by atoms with Crippen molar-refractivity contribution in [1.82, 2.24) is 14.6 Å². The largest absolute Gasteiger partial charge is 0.464 e. The summed E-state index contributed by atoms with van der Waals surface area (Å²) < 4.78 is 15.1. The summed E-state index contributed by atoms with van der Waals surface area (Å²) in [6.45, 7) is 0. The van der Waals surface area contributed by atoms with E-state index in [0.29, 0.717) is 11.6 Å². The zero-order chi connectivity index (χ0) is 16.8. The Bertz CT molecular complexity index is 954. The standard InChI is InChI=1S/C16H12ClFN4O2/c17-14-7-12(15-19-8-13(9-4-5-9)22(15)20-14)21(16(23)24)11-3-1-2-10(18)6-11/h1-3,6-9H,4-5H2,(H,23,24). The number of rotatable bonds is 3. The highest BCUT2D eigenvalue weighted by Gasteiger charge is 2.30. The van der Waals surface area contributed by atoms with Crippen molar-refractivity contribution in [1.29, 1.82) is 0 Å². The lowest BCUT2D eigenvalue weighted by atomic mass is 10.2. The molecule has 1 fully saturated rings. The number of imidazole rings is 1. The number of halogens is 2. The first-order valence-corrected chi connectivity index (χ1v) is 7.75. The van der Waals surface area contributed by atoms with Crippen LogP contribution in [0.1, 0.15) is 24.5 Å². The molecule has 6 nitrogen and oxygen atoms in total. The highest BCUT2D eigenvalue weighted by atomic mass is 35.5. The molecule has 2 aromatic heterocycles. The molecular weight excluding hydrogens is 335 g/mol. The second-order valence-electron chi connectivity index (χ2n) is 5.64. The number of aromatic nitrogens is 3. The van der Waals surface area contributed by atoms with Gasteiger partial charge >= 0.3 is 6.09 Å². The van der Waals surface area contributed by atoms with Crippen molar-refractivity contribution in [3.8, 4) is 0 Å². The van der Waals surface area contributed by atoms with Gasteiger partial charge in [-0.1, -0.05) is 17.7 Å². The molecular formula is C16H12ClFN4O2. The second-order valence-corrected chi connectivity index (χ2v) is 6.03. The van der Waals surface area contributed by atoms with Gasteiger partial charge in [0.15, 0.2) is 10.8 Å². The molecule has 0 saturated heterocycles. The average Bonchev–Trinajstić information content (AvgIpc) is 3.27. The summed E-state index contributed by atoms with van der Waals surface area (Å²) in [4.78, 5) is 17.1. The molecule has 0 unspecified atom stereocenters. The molecule has 1 N–H and O–H groups in total. The predicted molar refractivity (Wildman–Crippen MR) is 86.5 cm³/mol. The first kappa shape index (κ1) is 14.9. The Morgan fingerprint density at radius 3 is 2.83 bits per heavy atom. The Labute approximate surface area is 141 Å². The Morgan fingerprint density at radius 2 is 2.17 bits per heavy atom. The van der Waals surface area contributed by atoms with Crippen molar-refractivity contribution in [2.75, 3.05) is 4.90 Å². The van der Waals surface area contributed by atoms with Crippen LogP contribution in [-0.4, -0.2) is 25.8 Å². The number of anilines is 2. The maximum Gasteiger partial charge on any atom is 0.416 e. The molecule has 0 bridgehead atoms. The molecule has 1 amide bonds. The highest BCUT2D eigenvalue weighted by Crippen LogP contribution is 2.41. The van der Waals surface area contributed by atoms with Gasteiger partial charge in [0.1, 0.15) is 11.5 Å². The molecule has 0 spiro atoms. The van der Waals surface area contributed by atoms with Crippen LogP contribution in [0.5, 0.6) is 0 Å². The van der Waals surface area contributed by atoms with Crippen LogP contribution in [0, 0.1) is 5.82 Å². The molecule has 1 saturated carbocycles. The fraction of sp³-hybridized carbons (Fsp3) is 0.188. The summed E-state index contributed by atoms with van der Waals surface area (Å²) in [6, 6.07) is 6.76. The van der Waals surface area contributed by atoms with Gasteiger partial charge in [0, 0.05) is 12.0 Å². The lowest BCUT2D eigenvalue weighted by Gasteiger charge is -2.20. The van der Waals surface area contributed by atoms with Gasteiger partial charge < -0.3 is 5.11 Å². The number of benzene rings is 1. The number of hydrogen-bond donors (Lipinski definition) is 1. The Kier molecular flexibility index (Phi) is 3.38. The number of nitrogens with zero attached hydrogens (tertiary/aromatic N) is 4. The molecule has 0 radical (unpaired) electrons. The van der Waals surface area contributed by atoms with Crippen molar-refractivity contribution in [2.24, 2.45) is 0 Å². The van der Waals surface area contributed by atoms with E-state index < -0.39 is 11.9 Å². The summed E-state index contributed by atoms with van der Waals surface area (Å²) >= 11 is 6.09. The van der Waals surface area contributed by atoms with Gasteiger partial charge in [0.25, 0.3) is 0 Å². The lowest BCUT2D eigenvalue weighted by molar-refractivity contribution is 0.205. The smallest absolute Gasteiger partial charge is 0.416 e. The number of carbonyl (C=O) groups is 1. The van der Waals surface area contributed by atoms with Crippen molar-refractivity contribution in [2.45, 2.75) is 18.8 Å². The fourth-order valence-corrected chi connectivity index (χ4v) is 2.91. The normalized spacial score (nSPS) is 14.1. The molecule has 1 aliphatic rings. The van der Waals surface area contributed by atoms with E-state index in [1.54, 1.807) is 10.7 Å². The number of fused-ring (bicyclic) bond motifs is 1. The quantitative estimate of drug-likeness (QED) is 0.771. The van der Waals surface area contributed by atoms with Gasteiger partial charge in [0.2, 0.25) is 0 Å². The first-order chi connectivity index (χ1) is 11.5. The van der Waals surface area contributed by atoms with E-state index in [9.17, 15) is 14.3 Å². The maximum atomic E-state index is 13.5. The molecule has 1 aliphatic carbocycles. The van der Waals surface area contributed by atoms with Gasteiger partial charge in [-0.2, -0.15) is 5.10 Å². The van der Waals surface area contributed by atoms with Gasteiger partial charge in [-0.25, -0.2) is 23.6 Å². The van der Waals surface area contributed by atoms with Gasteiger partial charge in [0.05, 0.1) is 17.6 Å². The Hall–Kier alpha value is -2.67. The Morgan fingerprint density at radius 1 is 1.38 bits per heavy atom. The third kappa shape index (κ3) is 2.46. The number of hydrogen-bond acceptors (Lipinski definition) is 3. The molecule has 3 aromatic rings. The minimum atomic E-state index is -1.26. The van der Waals surface area contributed by atoms with E-state index in [1.807, 2.05) is 0 Å². The first-order valence-electron chi connectivity index (χ1n) is 7.37. The van der Waals surface area contributed by atoms with E-state index in [1.165, 1.54) is 24.3 Å². The van der Waals surface area contributed by atoms with Crippen LogP contribution in [0.3, 0.4) is 0 Å². The van der Waals surface area contributed by atoms with E-state index >= 15 is 0 Å². The highest BCUT2D eigenvalue weighted by molar-refractivity contribution is 6.29. The zero-order valence-corrected chi connectivity index (χ0v) is 13.1. The molecule has 0 atom stereocenters. The van der Waals surface area contributed by atoms with E-state index in [-0.39, 0.29) is 16.5 Å². The van der Waals surface area contributed by atoms with E-state index in [2.05, 4.69) is 10.1 Å². The van der Waals surface area contributed by atoms with E-state index in [0.717, 1.165) is 29.5 Å². The SMILES string of the molecule is O=C(O)N(c1cccc(F)c1)c1cc(Cl)nn2c(C3CC3)cnc12. The molecule has 0 aliphatic heterocycles. The number of carboxylic acid groups (broad SMARTS) is 1. The number of amides is 1. The van der Waals surface area contributed by atoms with Crippen LogP contribution in [0.4, 0.5) is 20.6 Å². The summed E-state index contributed by atoms with van der Waals surface area (Å²) in [7, 11) is 0. The molecule has 2 heterocycles. The van der Waals surface area contributed by atoms with Crippen molar-refractivity contribution >= 4 is 34.7 Å². The van der Waals surface area contributed by atoms with Crippen molar-refractivity contribution < 1.29 is 14.3 Å². The molecule has 8 heteroatoms. The second kappa shape index (κ2) is 5.45. The third-order valence-electron chi connectivity index (χ3n) is 3.94. The average molecular weight is 347 g/mol. The van der Waals surface area contributed by atoms with Crippen LogP contribution in [0.2, 0.25) is 5.15 Å². The van der Waals surface area contributed by atoms with Crippen LogP contribution in [0.15, 0.2) is 36.5 Å². The molecule has 122 valence electrons. The minimum absolute atomic E-state index is 0.139. The van der Waals surface area contributed by atoms with Gasteiger partial charge in [-0.3, -0.25) is 0 Å². The maximum absolute atomic E-state index is 13.5. The minimum Gasteiger partial charge on any atom is -0.464 e. The van der Waals surface area contributed by atoms with Crippen LogP contribution < -0.4 is 4.90 Å². The van der Waals surface area contributed by atoms with Gasteiger partial charge in [-0.05, 0) is 31.0 Å². The fourth-order valence-electron chi connectivity index (χ4n) is 2.73. The summed E-state index contributed by atoms with van der Waals surface area (Å²) in [5.41, 5.74) is 1.67. The van der Waals surface area contributed by atoms with Crippen molar-refractivity contribution in [3.05, 3.63) is 53.2 Å². The topological polar surface area (TPSA) is 70.7 Å².